The predicted octanol–water partition coefficient (Wildman–Crippen LogP) is 5.17. The van der Waals surface area contributed by atoms with Crippen LogP contribution in [-0.2, 0) is 0 Å². The summed E-state index contributed by atoms with van der Waals surface area (Å²) < 4.78 is 2.04. The van der Waals surface area contributed by atoms with Crippen LogP contribution in [0.4, 0.5) is 5.69 Å². The molecular formula is C31H39N7O. The molecule has 39 heavy (non-hydrogen) atoms. The van der Waals surface area contributed by atoms with Gasteiger partial charge in [-0.05, 0) is 85.3 Å². The Morgan fingerprint density at radius 2 is 1.64 bits per heavy atom. The van der Waals surface area contributed by atoms with Gasteiger partial charge in [0.25, 0.3) is 5.56 Å². The summed E-state index contributed by atoms with van der Waals surface area (Å²) >= 11 is 0. The van der Waals surface area contributed by atoms with Gasteiger partial charge >= 0.3 is 0 Å². The summed E-state index contributed by atoms with van der Waals surface area (Å²) in [6.07, 6.45) is 5.81. The maximum absolute atomic E-state index is 13.8. The van der Waals surface area contributed by atoms with Crippen LogP contribution in [0, 0.1) is 27.7 Å². The van der Waals surface area contributed by atoms with E-state index < -0.39 is 0 Å². The Morgan fingerprint density at radius 1 is 0.897 bits per heavy atom. The van der Waals surface area contributed by atoms with Crippen molar-refractivity contribution < 1.29 is 0 Å². The van der Waals surface area contributed by atoms with Gasteiger partial charge in [0.1, 0.15) is 6.04 Å². The monoisotopic (exact) mass is 525 g/mol. The third-order valence-corrected chi connectivity index (χ3v) is 9.05. The average Bonchev–Trinajstić information content (AvgIpc) is 3.43. The molecule has 0 unspecified atom stereocenters. The molecule has 204 valence electrons. The van der Waals surface area contributed by atoms with Crippen molar-refractivity contribution in [3.63, 3.8) is 0 Å². The molecule has 1 aliphatic heterocycles. The maximum atomic E-state index is 13.8. The molecule has 2 aromatic heterocycles. The molecule has 8 heteroatoms. The summed E-state index contributed by atoms with van der Waals surface area (Å²) in [6.45, 7) is 11.9. The van der Waals surface area contributed by atoms with Crippen LogP contribution in [-0.4, -0.2) is 56.3 Å². The minimum absolute atomic E-state index is 0.0589. The summed E-state index contributed by atoms with van der Waals surface area (Å²) in [4.78, 5) is 21.9. The van der Waals surface area contributed by atoms with Crippen molar-refractivity contribution in [2.75, 3.05) is 31.1 Å². The van der Waals surface area contributed by atoms with Gasteiger partial charge in [0, 0.05) is 42.8 Å². The second kappa shape index (κ2) is 10.6. The fourth-order valence-electron chi connectivity index (χ4n) is 6.56. The number of benzene rings is 2. The Morgan fingerprint density at radius 3 is 2.41 bits per heavy atom. The Kier molecular flexibility index (Phi) is 6.97. The molecule has 0 bridgehead atoms. The number of aromatic amines is 1. The molecule has 6 rings (SSSR count). The zero-order valence-electron chi connectivity index (χ0n) is 23.6. The summed E-state index contributed by atoms with van der Waals surface area (Å²) in [5.74, 6) is 0.789. The van der Waals surface area contributed by atoms with Crippen molar-refractivity contribution in [2.24, 2.45) is 0 Å². The third kappa shape index (κ3) is 4.75. The van der Waals surface area contributed by atoms with E-state index in [4.69, 9.17) is 0 Å². The van der Waals surface area contributed by atoms with Crippen LogP contribution in [0.1, 0.15) is 77.8 Å². The fourth-order valence-corrected chi connectivity index (χ4v) is 6.56. The minimum atomic E-state index is -0.309. The van der Waals surface area contributed by atoms with E-state index in [9.17, 15) is 4.79 Å². The predicted molar refractivity (Wildman–Crippen MR) is 156 cm³/mol. The van der Waals surface area contributed by atoms with Crippen LogP contribution < -0.4 is 10.5 Å². The van der Waals surface area contributed by atoms with Gasteiger partial charge in [-0.25, -0.2) is 4.68 Å². The number of piperazine rings is 1. The third-order valence-electron chi connectivity index (χ3n) is 9.05. The number of H-pyrrole nitrogens is 1. The average molecular weight is 526 g/mol. The first kappa shape index (κ1) is 25.7. The molecule has 4 aromatic rings. The van der Waals surface area contributed by atoms with E-state index in [0.717, 1.165) is 72.4 Å². The Hall–Kier alpha value is -3.52. The Balaban J connectivity index is 1.41. The van der Waals surface area contributed by atoms with Crippen LogP contribution >= 0.6 is 0 Å². The molecule has 1 saturated carbocycles. The highest BCUT2D eigenvalue weighted by Crippen LogP contribution is 2.34. The van der Waals surface area contributed by atoms with Crippen molar-refractivity contribution in [2.45, 2.75) is 71.9 Å². The van der Waals surface area contributed by atoms with Crippen LogP contribution in [0.25, 0.3) is 10.9 Å². The Bertz CT molecular complexity index is 1540. The van der Waals surface area contributed by atoms with E-state index in [0.29, 0.717) is 0 Å². The van der Waals surface area contributed by atoms with Crippen molar-refractivity contribution in [1.29, 1.82) is 0 Å². The molecule has 0 amide bonds. The van der Waals surface area contributed by atoms with Gasteiger partial charge in [-0.2, -0.15) is 0 Å². The van der Waals surface area contributed by atoms with E-state index >= 15 is 0 Å². The number of aromatic nitrogens is 5. The Labute approximate surface area is 230 Å². The van der Waals surface area contributed by atoms with Crippen LogP contribution in [0.15, 0.2) is 41.2 Å². The molecule has 2 fully saturated rings. The number of tetrazole rings is 1. The van der Waals surface area contributed by atoms with Gasteiger partial charge in [0.2, 0.25) is 0 Å². The van der Waals surface area contributed by atoms with E-state index in [2.05, 4.69) is 87.5 Å². The summed E-state index contributed by atoms with van der Waals surface area (Å²) in [5.41, 5.74) is 7.75. The lowest BCUT2D eigenvalue weighted by Crippen LogP contribution is -2.49. The van der Waals surface area contributed by atoms with Crippen molar-refractivity contribution >= 4 is 16.6 Å². The first-order valence-electron chi connectivity index (χ1n) is 14.4. The minimum Gasteiger partial charge on any atom is -0.369 e. The first-order chi connectivity index (χ1) is 18.9. The fraction of sp³-hybridized carbons (Fsp3) is 0.484. The van der Waals surface area contributed by atoms with E-state index in [1.165, 1.54) is 36.1 Å². The highest BCUT2D eigenvalue weighted by Gasteiger charge is 2.35. The molecule has 3 heterocycles. The van der Waals surface area contributed by atoms with Crippen LogP contribution in [0.3, 0.4) is 0 Å². The van der Waals surface area contributed by atoms with E-state index in [1.54, 1.807) is 0 Å². The second-order valence-electron chi connectivity index (χ2n) is 11.5. The molecule has 2 aromatic carbocycles. The number of nitrogens with zero attached hydrogens (tertiary/aromatic N) is 6. The largest absolute Gasteiger partial charge is 0.369 e. The lowest BCUT2D eigenvalue weighted by atomic mass is 9.94. The molecule has 1 atom stereocenters. The van der Waals surface area contributed by atoms with Gasteiger partial charge in [-0.3, -0.25) is 9.69 Å². The summed E-state index contributed by atoms with van der Waals surface area (Å²) in [7, 11) is 0. The maximum Gasteiger partial charge on any atom is 0.253 e. The van der Waals surface area contributed by atoms with E-state index in [-0.39, 0.29) is 17.6 Å². The molecule has 8 nitrogen and oxygen atoms in total. The number of pyridine rings is 1. The van der Waals surface area contributed by atoms with Gasteiger partial charge in [-0.15, -0.1) is 5.10 Å². The lowest BCUT2D eigenvalue weighted by Gasteiger charge is -2.40. The van der Waals surface area contributed by atoms with Gasteiger partial charge in [-0.1, -0.05) is 43.5 Å². The number of hydrogen-bond acceptors (Lipinski definition) is 6. The molecule has 1 N–H and O–H groups in total. The number of anilines is 1. The highest BCUT2D eigenvalue weighted by atomic mass is 16.1. The number of hydrogen-bond donors (Lipinski definition) is 1. The van der Waals surface area contributed by atoms with Gasteiger partial charge < -0.3 is 9.88 Å². The van der Waals surface area contributed by atoms with Crippen molar-refractivity contribution in [1.82, 2.24) is 30.1 Å². The zero-order chi connectivity index (χ0) is 27.1. The standard InChI is InChI=1S/C31H39N7O/c1-20-9-8-12-27(23(20)4)36-15-17-37(18-16-36)29(30-33-34-35-38(30)24-10-6-5-7-11-24)26-19-25-21(2)13-14-22(3)28(25)32-31(26)39/h8-9,12-14,19,24,29H,5-7,10-11,15-18H2,1-4H3,(H,32,39)/t29-/m0/s1. The number of rotatable bonds is 5. The summed E-state index contributed by atoms with van der Waals surface area (Å²) in [5, 5.41) is 14.3. The normalized spacial score (nSPS) is 18.1. The molecule has 0 spiro atoms. The van der Waals surface area contributed by atoms with E-state index in [1.807, 2.05) is 11.6 Å². The quantitative estimate of drug-likeness (QED) is 0.387. The van der Waals surface area contributed by atoms with Crippen molar-refractivity contribution in [3.8, 4) is 0 Å². The van der Waals surface area contributed by atoms with Crippen LogP contribution in [0.2, 0.25) is 0 Å². The molecule has 1 aliphatic carbocycles. The molecule has 2 aliphatic rings. The number of fused-ring (bicyclic) bond motifs is 1. The smallest absolute Gasteiger partial charge is 0.253 e. The SMILES string of the molecule is Cc1cccc(N2CCN([C@@H](c3cc4c(C)ccc(C)c4[nH]c3=O)c3nnnn3C3CCCCC3)CC2)c1C. The number of nitrogens with one attached hydrogen (secondary N) is 1. The topological polar surface area (TPSA) is 82.9 Å². The highest BCUT2D eigenvalue weighted by molar-refractivity contribution is 5.85. The zero-order valence-corrected chi connectivity index (χ0v) is 23.6. The first-order valence-corrected chi connectivity index (χ1v) is 14.4. The molecule has 0 radical (unpaired) electrons. The molecule has 1 saturated heterocycles. The lowest BCUT2D eigenvalue weighted by molar-refractivity contribution is 0.192. The molecular weight excluding hydrogens is 486 g/mol. The van der Waals surface area contributed by atoms with Gasteiger partial charge in [0.05, 0.1) is 11.6 Å². The number of aryl methyl sites for hydroxylation is 3. The van der Waals surface area contributed by atoms with Gasteiger partial charge in [0.15, 0.2) is 5.82 Å². The second-order valence-corrected chi connectivity index (χ2v) is 11.5. The van der Waals surface area contributed by atoms with Crippen LogP contribution in [0.5, 0.6) is 0 Å². The summed E-state index contributed by atoms with van der Waals surface area (Å²) in [6, 6.07) is 12.8. The van der Waals surface area contributed by atoms with Crippen molar-refractivity contribution in [3.05, 3.63) is 80.4 Å².